The summed E-state index contributed by atoms with van der Waals surface area (Å²) in [6.07, 6.45) is 8.50. The van der Waals surface area contributed by atoms with Gasteiger partial charge < -0.3 is 5.73 Å². The Labute approximate surface area is 134 Å². The Balaban J connectivity index is 2.07. The Morgan fingerprint density at radius 3 is 2.38 bits per heavy atom. The maximum atomic E-state index is 13.2. The minimum Gasteiger partial charge on any atom is -0.330 e. The van der Waals surface area contributed by atoms with E-state index in [-0.39, 0.29) is 0 Å². The highest BCUT2D eigenvalue weighted by Gasteiger charge is 2.40. The van der Waals surface area contributed by atoms with Crippen LogP contribution >= 0.6 is 0 Å². The molecule has 0 radical (unpaired) electrons. The van der Waals surface area contributed by atoms with Gasteiger partial charge in [0, 0.05) is 21.3 Å². The summed E-state index contributed by atoms with van der Waals surface area (Å²) in [7, 11) is -0.679. The fraction of sp³-hybridized carbons (Fsp3) is 1.00. The number of hydrogen-bond acceptors (Lipinski definition) is 2. The molecular weight excluding hydrogens is 278 g/mol. The maximum absolute atomic E-state index is 13.2. The first-order valence-electron chi connectivity index (χ1n) is 8.92. The normalized spacial score (nSPS) is 40.0. The Morgan fingerprint density at radius 1 is 1.10 bits per heavy atom. The van der Waals surface area contributed by atoms with Crippen LogP contribution in [0.5, 0.6) is 0 Å². The third-order valence-corrected chi connectivity index (χ3v) is 8.23. The minimum absolute atomic E-state index is 0.335. The van der Waals surface area contributed by atoms with Crippen LogP contribution in [0.15, 0.2) is 0 Å². The largest absolute Gasteiger partial charge is 0.330 e. The maximum Gasteiger partial charge on any atom is 0.0393 e. The van der Waals surface area contributed by atoms with Crippen LogP contribution in [-0.4, -0.2) is 21.3 Å². The molecule has 0 saturated heterocycles. The van der Waals surface area contributed by atoms with E-state index in [4.69, 9.17) is 5.73 Å². The molecule has 124 valence electrons. The van der Waals surface area contributed by atoms with Gasteiger partial charge in [-0.3, -0.25) is 4.21 Å². The van der Waals surface area contributed by atoms with E-state index in [9.17, 15) is 4.21 Å². The second-order valence-electron chi connectivity index (χ2n) is 8.63. The molecule has 2 rings (SSSR count). The van der Waals surface area contributed by atoms with Crippen LogP contribution in [0.2, 0.25) is 0 Å². The van der Waals surface area contributed by atoms with Crippen molar-refractivity contribution < 1.29 is 4.21 Å². The highest BCUT2D eigenvalue weighted by Crippen LogP contribution is 2.43. The smallest absolute Gasteiger partial charge is 0.0393 e. The quantitative estimate of drug-likeness (QED) is 0.852. The van der Waals surface area contributed by atoms with Gasteiger partial charge in [-0.1, -0.05) is 40.5 Å². The van der Waals surface area contributed by atoms with Crippen molar-refractivity contribution in [2.75, 3.05) is 6.54 Å². The van der Waals surface area contributed by atoms with Crippen molar-refractivity contribution in [1.82, 2.24) is 0 Å². The number of nitrogens with two attached hydrogens (primary N) is 1. The van der Waals surface area contributed by atoms with Crippen molar-refractivity contribution in [3.05, 3.63) is 0 Å². The van der Waals surface area contributed by atoms with Gasteiger partial charge in [-0.25, -0.2) is 0 Å². The van der Waals surface area contributed by atoms with Crippen LogP contribution in [0.1, 0.15) is 72.6 Å². The molecule has 2 fully saturated rings. The monoisotopic (exact) mass is 313 g/mol. The third kappa shape index (κ3) is 4.31. The van der Waals surface area contributed by atoms with E-state index in [1.54, 1.807) is 0 Å². The van der Waals surface area contributed by atoms with E-state index in [0.717, 1.165) is 18.9 Å². The predicted molar refractivity (Wildman–Crippen MR) is 92.7 cm³/mol. The molecule has 6 atom stereocenters. The van der Waals surface area contributed by atoms with Crippen LogP contribution in [-0.2, 0) is 10.8 Å². The van der Waals surface area contributed by atoms with Gasteiger partial charge in [0.1, 0.15) is 0 Å². The van der Waals surface area contributed by atoms with Crippen molar-refractivity contribution in [3.63, 3.8) is 0 Å². The van der Waals surface area contributed by atoms with Crippen molar-refractivity contribution in [2.24, 2.45) is 28.9 Å². The molecule has 0 aromatic carbocycles. The van der Waals surface area contributed by atoms with Gasteiger partial charge in [-0.2, -0.15) is 0 Å². The van der Waals surface area contributed by atoms with E-state index < -0.39 is 10.8 Å². The van der Waals surface area contributed by atoms with Gasteiger partial charge in [0.15, 0.2) is 0 Å². The zero-order valence-electron chi connectivity index (χ0n) is 14.4. The summed E-state index contributed by atoms with van der Waals surface area (Å²) in [5.74, 6) is 1.95. The van der Waals surface area contributed by atoms with Crippen LogP contribution < -0.4 is 5.73 Å². The molecule has 2 aliphatic rings. The molecule has 0 aromatic rings. The van der Waals surface area contributed by atoms with Crippen molar-refractivity contribution in [3.8, 4) is 0 Å². The first kappa shape index (κ1) is 17.5. The van der Waals surface area contributed by atoms with Crippen LogP contribution in [0.3, 0.4) is 0 Å². The average molecular weight is 314 g/mol. The SMILES string of the molecule is CC1CCCC(S(=O)C2CC(C(C)(C)C)CCC2CN)C1. The zero-order chi connectivity index (χ0) is 15.6. The second-order valence-corrected chi connectivity index (χ2v) is 10.6. The number of hydrogen-bond donors (Lipinski definition) is 1. The van der Waals surface area contributed by atoms with Crippen LogP contribution in [0, 0.1) is 23.2 Å². The van der Waals surface area contributed by atoms with Crippen LogP contribution in [0.4, 0.5) is 0 Å². The van der Waals surface area contributed by atoms with Gasteiger partial charge in [0.25, 0.3) is 0 Å². The lowest BCUT2D eigenvalue weighted by atomic mass is 9.69. The molecule has 2 N–H and O–H groups in total. The lowest BCUT2D eigenvalue weighted by Crippen LogP contribution is -2.43. The molecular formula is C18H35NOS. The summed E-state index contributed by atoms with van der Waals surface area (Å²) in [5, 5.41) is 0.787. The van der Waals surface area contributed by atoms with Gasteiger partial charge >= 0.3 is 0 Å². The standard InChI is InChI=1S/C18H35NOS/c1-13-6-5-7-16(10-13)21(20)17-11-15(18(2,3)4)9-8-14(17)12-19/h13-17H,5-12,19H2,1-4H3. The van der Waals surface area contributed by atoms with E-state index in [1.165, 1.54) is 38.5 Å². The van der Waals surface area contributed by atoms with Gasteiger partial charge in [0.2, 0.25) is 0 Å². The Kier molecular flexibility index (Phi) is 5.92. The first-order chi connectivity index (χ1) is 9.82. The summed E-state index contributed by atoms with van der Waals surface area (Å²) in [4.78, 5) is 0. The van der Waals surface area contributed by atoms with Crippen molar-refractivity contribution in [1.29, 1.82) is 0 Å². The van der Waals surface area contributed by atoms with Crippen LogP contribution in [0.25, 0.3) is 0 Å². The van der Waals surface area contributed by atoms with Gasteiger partial charge in [-0.15, -0.1) is 0 Å². The molecule has 0 spiro atoms. The van der Waals surface area contributed by atoms with E-state index in [2.05, 4.69) is 27.7 Å². The predicted octanol–water partition coefficient (Wildman–Crippen LogP) is 4.10. The lowest BCUT2D eigenvalue weighted by molar-refractivity contribution is 0.155. The zero-order valence-corrected chi connectivity index (χ0v) is 15.3. The Bertz CT molecular complexity index is 363. The number of rotatable bonds is 3. The molecule has 21 heavy (non-hydrogen) atoms. The van der Waals surface area contributed by atoms with Gasteiger partial charge in [-0.05, 0) is 61.8 Å². The molecule has 3 heteroatoms. The summed E-state index contributed by atoms with van der Waals surface area (Å²) < 4.78 is 13.2. The van der Waals surface area contributed by atoms with E-state index in [0.29, 0.717) is 27.8 Å². The molecule has 0 amide bonds. The minimum atomic E-state index is -0.679. The summed E-state index contributed by atoms with van der Waals surface area (Å²) in [6.45, 7) is 10.0. The Morgan fingerprint density at radius 2 is 1.81 bits per heavy atom. The molecule has 2 nitrogen and oxygen atoms in total. The molecule has 0 heterocycles. The fourth-order valence-electron chi connectivity index (χ4n) is 4.37. The lowest BCUT2D eigenvalue weighted by Gasteiger charge is -2.42. The molecule has 2 saturated carbocycles. The van der Waals surface area contributed by atoms with Crippen molar-refractivity contribution in [2.45, 2.75) is 83.1 Å². The summed E-state index contributed by atoms with van der Waals surface area (Å²) in [6, 6.07) is 0. The molecule has 0 bridgehead atoms. The third-order valence-electron chi connectivity index (χ3n) is 5.97. The second kappa shape index (κ2) is 7.12. The molecule has 0 aliphatic heterocycles. The fourth-order valence-corrected chi connectivity index (χ4v) is 6.83. The topological polar surface area (TPSA) is 43.1 Å². The van der Waals surface area contributed by atoms with Crippen molar-refractivity contribution >= 4 is 10.8 Å². The summed E-state index contributed by atoms with van der Waals surface area (Å²) in [5.41, 5.74) is 6.34. The highest BCUT2D eigenvalue weighted by atomic mass is 32.2. The van der Waals surface area contributed by atoms with E-state index in [1.807, 2.05) is 0 Å². The summed E-state index contributed by atoms with van der Waals surface area (Å²) >= 11 is 0. The van der Waals surface area contributed by atoms with E-state index >= 15 is 0 Å². The molecule has 6 unspecified atom stereocenters. The molecule has 2 aliphatic carbocycles. The average Bonchev–Trinajstić information content (AvgIpc) is 2.44. The Hall–Kier alpha value is 0.110. The highest BCUT2D eigenvalue weighted by molar-refractivity contribution is 7.86. The molecule has 0 aromatic heterocycles. The first-order valence-corrected chi connectivity index (χ1v) is 10.2. The van der Waals surface area contributed by atoms with Gasteiger partial charge in [0.05, 0.1) is 0 Å².